The van der Waals surface area contributed by atoms with Crippen LogP contribution in [-0.2, 0) is 4.74 Å². The van der Waals surface area contributed by atoms with E-state index in [1.54, 1.807) is 0 Å². The normalized spacial score (nSPS) is 15.6. The Morgan fingerprint density at radius 1 is 1.40 bits per heavy atom. The Morgan fingerprint density at radius 2 is 2.07 bits per heavy atom. The lowest BCUT2D eigenvalue weighted by molar-refractivity contribution is 0.0198. The quantitative estimate of drug-likeness (QED) is 0.656. The zero-order chi connectivity index (χ0) is 11.7. The second-order valence-corrected chi connectivity index (χ2v) is 4.68. The van der Waals surface area contributed by atoms with Gasteiger partial charge >= 0.3 is 0 Å². The lowest BCUT2D eigenvalue weighted by Crippen LogP contribution is -2.40. The molecule has 0 bridgehead atoms. The van der Waals surface area contributed by atoms with Crippen LogP contribution in [0.1, 0.15) is 20.3 Å². The van der Waals surface area contributed by atoms with Crippen molar-refractivity contribution in [3.05, 3.63) is 0 Å². The van der Waals surface area contributed by atoms with Gasteiger partial charge in [0.25, 0.3) is 0 Å². The van der Waals surface area contributed by atoms with Crippen molar-refractivity contribution >= 4 is 11.8 Å². The third kappa shape index (κ3) is 7.17. The zero-order valence-electron chi connectivity index (χ0n) is 10.4. The molecule has 0 aromatic carbocycles. The molecule has 0 radical (unpaired) electrons. The van der Waals surface area contributed by atoms with Crippen LogP contribution in [0.3, 0.4) is 0 Å². The van der Waals surface area contributed by atoms with E-state index in [1.165, 1.54) is 0 Å². The molecule has 0 amide bonds. The Bertz CT molecular complexity index is 147. The number of aliphatic hydroxyl groups excluding tert-OH is 1. The summed E-state index contributed by atoms with van der Waals surface area (Å²) >= 11 is 1.85. The van der Waals surface area contributed by atoms with Crippen molar-refractivity contribution in [2.24, 2.45) is 0 Å². The van der Waals surface area contributed by atoms with E-state index in [0.29, 0.717) is 25.8 Å². The average Bonchev–Trinajstić information content (AvgIpc) is 2.22. The largest absolute Gasteiger partial charge is 0.389 e. The molecule has 3 nitrogen and oxygen atoms in total. The summed E-state index contributed by atoms with van der Waals surface area (Å²) in [7, 11) is 2.07. The lowest BCUT2D eigenvalue weighted by Gasteiger charge is -2.28. The number of likely N-dealkylation sites (N-methyl/N-ethyl adjacent to an activating group) is 1. The Balaban J connectivity index is 3.81. The first-order valence-corrected chi connectivity index (χ1v) is 7.00. The van der Waals surface area contributed by atoms with Gasteiger partial charge in [-0.25, -0.2) is 0 Å². The van der Waals surface area contributed by atoms with Crippen LogP contribution >= 0.6 is 11.8 Å². The molecule has 0 aromatic rings. The van der Waals surface area contributed by atoms with Crippen molar-refractivity contribution in [3.8, 4) is 0 Å². The predicted molar refractivity (Wildman–Crippen MR) is 67.6 cm³/mol. The standard InChI is InChI=1S/C11H25NO2S/c1-5-10(9-15-4)12(3)7-11(13)8-14-6-2/h10-11,13H,5-9H2,1-4H3. The molecule has 4 heteroatoms. The van der Waals surface area contributed by atoms with Crippen LogP contribution < -0.4 is 0 Å². The van der Waals surface area contributed by atoms with Gasteiger partial charge in [-0.1, -0.05) is 6.92 Å². The molecule has 15 heavy (non-hydrogen) atoms. The van der Waals surface area contributed by atoms with Crippen LogP contribution in [-0.4, -0.2) is 61.0 Å². The van der Waals surface area contributed by atoms with Gasteiger partial charge in [0.05, 0.1) is 12.7 Å². The van der Waals surface area contributed by atoms with Crippen molar-refractivity contribution in [2.45, 2.75) is 32.4 Å². The van der Waals surface area contributed by atoms with Gasteiger partial charge in [-0.3, -0.25) is 4.90 Å². The number of nitrogens with zero attached hydrogens (tertiary/aromatic N) is 1. The number of hydrogen-bond acceptors (Lipinski definition) is 4. The summed E-state index contributed by atoms with van der Waals surface area (Å²) in [6, 6.07) is 0.552. The molecule has 0 aliphatic rings. The highest BCUT2D eigenvalue weighted by Gasteiger charge is 2.15. The van der Waals surface area contributed by atoms with Crippen molar-refractivity contribution in [1.29, 1.82) is 0 Å². The summed E-state index contributed by atoms with van der Waals surface area (Å²) in [4.78, 5) is 2.22. The van der Waals surface area contributed by atoms with Gasteiger partial charge < -0.3 is 9.84 Å². The van der Waals surface area contributed by atoms with E-state index in [9.17, 15) is 5.11 Å². The van der Waals surface area contributed by atoms with Crippen LogP contribution in [0.5, 0.6) is 0 Å². The molecule has 92 valence electrons. The molecule has 0 saturated carbocycles. The van der Waals surface area contributed by atoms with Gasteiger partial charge in [-0.05, 0) is 26.6 Å². The Labute approximate surface area is 98.2 Å². The first kappa shape index (κ1) is 15.2. The van der Waals surface area contributed by atoms with E-state index >= 15 is 0 Å². The van der Waals surface area contributed by atoms with E-state index in [1.807, 2.05) is 18.7 Å². The van der Waals surface area contributed by atoms with Crippen LogP contribution in [0, 0.1) is 0 Å². The minimum atomic E-state index is -0.370. The molecule has 2 unspecified atom stereocenters. The molecular formula is C11H25NO2S. The fourth-order valence-corrected chi connectivity index (χ4v) is 2.41. The average molecular weight is 235 g/mol. The summed E-state index contributed by atoms with van der Waals surface area (Å²) in [5, 5.41) is 9.69. The second kappa shape index (κ2) is 9.46. The SMILES string of the molecule is CCOCC(O)CN(C)C(CC)CSC. The fraction of sp³-hybridized carbons (Fsp3) is 1.00. The van der Waals surface area contributed by atoms with Gasteiger partial charge in [0.1, 0.15) is 0 Å². The smallest absolute Gasteiger partial charge is 0.0900 e. The minimum absolute atomic E-state index is 0.370. The number of aliphatic hydroxyl groups is 1. The summed E-state index contributed by atoms with van der Waals surface area (Å²) in [6.45, 7) is 5.93. The third-order valence-corrected chi connectivity index (χ3v) is 3.18. The maximum absolute atomic E-state index is 9.69. The molecule has 0 fully saturated rings. The van der Waals surface area contributed by atoms with E-state index in [4.69, 9.17) is 4.74 Å². The van der Waals surface area contributed by atoms with E-state index in [0.717, 1.165) is 12.2 Å². The molecule has 0 rings (SSSR count). The van der Waals surface area contributed by atoms with E-state index in [-0.39, 0.29) is 6.10 Å². The van der Waals surface area contributed by atoms with Crippen molar-refractivity contribution in [1.82, 2.24) is 4.90 Å². The van der Waals surface area contributed by atoms with Crippen LogP contribution in [0.2, 0.25) is 0 Å². The second-order valence-electron chi connectivity index (χ2n) is 3.77. The topological polar surface area (TPSA) is 32.7 Å². The molecule has 0 aromatic heterocycles. The van der Waals surface area contributed by atoms with Crippen molar-refractivity contribution in [2.75, 3.05) is 38.8 Å². The number of hydrogen-bond donors (Lipinski definition) is 1. The molecule has 2 atom stereocenters. The number of ether oxygens (including phenoxy) is 1. The van der Waals surface area contributed by atoms with Crippen LogP contribution in [0.4, 0.5) is 0 Å². The van der Waals surface area contributed by atoms with Gasteiger partial charge in [0, 0.05) is 24.9 Å². The van der Waals surface area contributed by atoms with Gasteiger partial charge in [-0.15, -0.1) is 0 Å². The summed E-state index contributed by atoms with van der Waals surface area (Å²) < 4.78 is 5.19. The number of rotatable bonds is 9. The Kier molecular flexibility index (Phi) is 9.60. The molecule has 1 N–H and O–H groups in total. The van der Waals surface area contributed by atoms with Crippen LogP contribution in [0.25, 0.3) is 0 Å². The Morgan fingerprint density at radius 3 is 2.53 bits per heavy atom. The van der Waals surface area contributed by atoms with Gasteiger partial charge in [-0.2, -0.15) is 11.8 Å². The maximum atomic E-state index is 9.69. The van der Waals surface area contributed by atoms with Crippen molar-refractivity contribution < 1.29 is 9.84 Å². The van der Waals surface area contributed by atoms with Crippen LogP contribution in [0.15, 0.2) is 0 Å². The first-order valence-electron chi connectivity index (χ1n) is 5.60. The third-order valence-electron chi connectivity index (χ3n) is 2.47. The molecule has 0 aliphatic carbocycles. The van der Waals surface area contributed by atoms with Gasteiger partial charge in [0.2, 0.25) is 0 Å². The maximum Gasteiger partial charge on any atom is 0.0900 e. The highest BCUT2D eigenvalue weighted by atomic mass is 32.2. The fourth-order valence-electron chi connectivity index (χ4n) is 1.54. The van der Waals surface area contributed by atoms with Crippen molar-refractivity contribution in [3.63, 3.8) is 0 Å². The minimum Gasteiger partial charge on any atom is -0.389 e. The Hall–Kier alpha value is 0.230. The monoisotopic (exact) mass is 235 g/mol. The highest BCUT2D eigenvalue weighted by molar-refractivity contribution is 7.98. The summed E-state index contributed by atoms with van der Waals surface area (Å²) in [5.41, 5.74) is 0. The van der Waals surface area contributed by atoms with Gasteiger partial charge in [0.15, 0.2) is 0 Å². The van der Waals surface area contributed by atoms with E-state index < -0.39 is 0 Å². The number of thioether (sulfide) groups is 1. The summed E-state index contributed by atoms with van der Waals surface area (Å²) in [6.07, 6.45) is 2.87. The zero-order valence-corrected chi connectivity index (χ0v) is 11.2. The predicted octanol–water partition coefficient (Wildman–Crippen LogP) is 1.46. The lowest BCUT2D eigenvalue weighted by atomic mass is 10.2. The molecule has 0 saturated heterocycles. The molecular weight excluding hydrogens is 210 g/mol. The first-order chi connectivity index (χ1) is 7.15. The molecule has 0 spiro atoms. The van der Waals surface area contributed by atoms with E-state index in [2.05, 4.69) is 25.1 Å². The molecule has 0 aliphatic heterocycles. The highest BCUT2D eigenvalue weighted by Crippen LogP contribution is 2.08. The summed E-state index contributed by atoms with van der Waals surface area (Å²) in [5.74, 6) is 1.12. The molecule has 0 heterocycles.